The topological polar surface area (TPSA) is 68.7 Å². The fourth-order valence-electron chi connectivity index (χ4n) is 3.25. The molecule has 1 saturated heterocycles. The lowest BCUT2D eigenvalue weighted by atomic mass is 9.94. The van der Waals surface area contributed by atoms with Gasteiger partial charge in [-0.3, -0.25) is 4.79 Å². The number of hydrogen-bond donors (Lipinski definition) is 0. The summed E-state index contributed by atoms with van der Waals surface area (Å²) in [7, 11) is 0. The number of hydrogen-bond acceptors (Lipinski definition) is 6. The summed E-state index contributed by atoms with van der Waals surface area (Å²) < 4.78 is 11.7. The normalized spacial score (nSPS) is 19.7. The first kappa shape index (κ1) is 16.7. The van der Waals surface area contributed by atoms with Crippen LogP contribution in [0, 0.1) is 6.92 Å². The number of rotatable bonds is 2. The zero-order chi connectivity index (χ0) is 17.6. The Morgan fingerprint density at radius 2 is 2.28 bits per heavy atom. The summed E-state index contributed by atoms with van der Waals surface area (Å²) in [6.45, 7) is 3.78. The maximum Gasteiger partial charge on any atom is 0.338 e. The van der Waals surface area contributed by atoms with E-state index in [0.29, 0.717) is 40.7 Å². The fraction of sp³-hybridized carbons (Fsp3) is 0.353. The van der Waals surface area contributed by atoms with E-state index in [0.717, 1.165) is 16.7 Å². The molecule has 4 rings (SSSR count). The van der Waals surface area contributed by atoms with Crippen molar-refractivity contribution in [1.82, 2.24) is 9.88 Å². The standard InChI is InChI=1S/C17H15BrN2O4S/c1-9-10(2-3-11-12(9)8-24-16(11)22)13-7-20(4-5-23-13)15(21)14-6-19-17(18)25-14/h2-3,6,13H,4-5,7-8H2,1H3. The molecule has 1 fully saturated rings. The van der Waals surface area contributed by atoms with Crippen molar-refractivity contribution in [2.24, 2.45) is 0 Å². The third-order valence-electron chi connectivity index (χ3n) is 4.60. The molecule has 1 aromatic heterocycles. The van der Waals surface area contributed by atoms with Crippen LogP contribution in [0.1, 0.15) is 42.8 Å². The van der Waals surface area contributed by atoms with Gasteiger partial charge in [0.1, 0.15) is 17.6 Å². The number of nitrogens with zero attached hydrogens (tertiary/aromatic N) is 2. The van der Waals surface area contributed by atoms with E-state index in [2.05, 4.69) is 20.9 Å². The molecule has 25 heavy (non-hydrogen) atoms. The van der Waals surface area contributed by atoms with Gasteiger partial charge < -0.3 is 14.4 Å². The lowest BCUT2D eigenvalue weighted by Crippen LogP contribution is -2.42. The van der Waals surface area contributed by atoms with Gasteiger partial charge in [0.15, 0.2) is 3.92 Å². The zero-order valence-corrected chi connectivity index (χ0v) is 15.9. The predicted molar refractivity (Wildman–Crippen MR) is 94.7 cm³/mol. The number of amides is 1. The predicted octanol–water partition coefficient (Wildman–Crippen LogP) is 3.10. The molecule has 2 aliphatic heterocycles. The quantitative estimate of drug-likeness (QED) is 0.695. The summed E-state index contributed by atoms with van der Waals surface area (Å²) in [5.41, 5.74) is 3.55. The zero-order valence-electron chi connectivity index (χ0n) is 13.5. The van der Waals surface area contributed by atoms with Crippen LogP contribution in [0.3, 0.4) is 0 Å². The molecule has 1 amide bonds. The van der Waals surface area contributed by atoms with Gasteiger partial charge in [0.05, 0.1) is 24.9 Å². The Kier molecular flexibility index (Phi) is 4.35. The summed E-state index contributed by atoms with van der Waals surface area (Å²) in [5, 5.41) is 0. The molecule has 0 spiro atoms. The number of esters is 1. The molecule has 1 atom stereocenters. The van der Waals surface area contributed by atoms with Crippen molar-refractivity contribution in [2.45, 2.75) is 19.6 Å². The van der Waals surface area contributed by atoms with E-state index in [1.807, 2.05) is 13.0 Å². The maximum atomic E-state index is 12.7. The summed E-state index contributed by atoms with van der Waals surface area (Å²) in [6.07, 6.45) is 1.38. The van der Waals surface area contributed by atoms with Crippen LogP contribution in [0.15, 0.2) is 22.2 Å². The number of morpholine rings is 1. The van der Waals surface area contributed by atoms with Crippen molar-refractivity contribution < 1.29 is 19.1 Å². The van der Waals surface area contributed by atoms with Gasteiger partial charge in [-0.15, -0.1) is 11.3 Å². The minimum atomic E-state index is -0.276. The van der Waals surface area contributed by atoms with Crippen molar-refractivity contribution in [2.75, 3.05) is 19.7 Å². The number of carbonyl (C=O) groups excluding carboxylic acids is 2. The first-order valence-electron chi connectivity index (χ1n) is 7.86. The Labute approximate surface area is 156 Å². The molecule has 130 valence electrons. The SMILES string of the molecule is Cc1c(C2CN(C(=O)c3cnc(Br)s3)CCO2)ccc2c1COC2=O. The summed E-state index contributed by atoms with van der Waals surface area (Å²) in [5.74, 6) is -0.310. The van der Waals surface area contributed by atoms with Gasteiger partial charge in [-0.2, -0.15) is 0 Å². The van der Waals surface area contributed by atoms with Crippen LogP contribution in [0.4, 0.5) is 0 Å². The number of cyclic esters (lactones) is 1. The van der Waals surface area contributed by atoms with Gasteiger partial charge in [0.2, 0.25) is 0 Å². The number of fused-ring (bicyclic) bond motifs is 1. The molecule has 2 aromatic rings. The second kappa shape index (κ2) is 6.51. The highest BCUT2D eigenvalue weighted by molar-refractivity contribution is 9.11. The first-order valence-corrected chi connectivity index (χ1v) is 9.47. The monoisotopic (exact) mass is 422 g/mol. The Morgan fingerprint density at radius 1 is 1.44 bits per heavy atom. The minimum absolute atomic E-state index is 0.0335. The number of ether oxygens (including phenoxy) is 2. The third kappa shape index (κ3) is 2.98. The van der Waals surface area contributed by atoms with Crippen molar-refractivity contribution >= 4 is 39.1 Å². The van der Waals surface area contributed by atoms with Gasteiger partial charge in [-0.25, -0.2) is 9.78 Å². The number of benzene rings is 1. The molecule has 1 aromatic carbocycles. The molecule has 1 unspecified atom stereocenters. The van der Waals surface area contributed by atoms with E-state index in [1.165, 1.54) is 11.3 Å². The van der Waals surface area contributed by atoms with Crippen LogP contribution in [0.25, 0.3) is 0 Å². The van der Waals surface area contributed by atoms with Crippen LogP contribution in [-0.2, 0) is 16.1 Å². The Bertz CT molecular complexity index is 866. The summed E-state index contributed by atoms with van der Waals surface area (Å²) in [4.78, 5) is 30.8. The van der Waals surface area contributed by atoms with E-state index in [-0.39, 0.29) is 18.0 Å². The summed E-state index contributed by atoms with van der Waals surface area (Å²) >= 11 is 4.61. The van der Waals surface area contributed by atoms with E-state index in [9.17, 15) is 9.59 Å². The maximum absolute atomic E-state index is 12.7. The molecule has 8 heteroatoms. The van der Waals surface area contributed by atoms with E-state index >= 15 is 0 Å². The van der Waals surface area contributed by atoms with Gasteiger partial charge in [-0.1, -0.05) is 6.07 Å². The Hall–Kier alpha value is -1.77. The molecule has 3 heterocycles. The van der Waals surface area contributed by atoms with Crippen LogP contribution >= 0.6 is 27.3 Å². The Balaban J connectivity index is 1.58. The van der Waals surface area contributed by atoms with Gasteiger partial charge in [0, 0.05) is 12.1 Å². The fourth-order valence-corrected chi connectivity index (χ4v) is 4.48. The number of thiazole rings is 1. The molecular weight excluding hydrogens is 408 g/mol. The van der Waals surface area contributed by atoms with Gasteiger partial charge in [0.25, 0.3) is 5.91 Å². The second-order valence-corrected chi connectivity index (χ2v) is 8.28. The number of halogens is 1. The molecular formula is C17H15BrN2O4S. The first-order chi connectivity index (χ1) is 12.0. The lowest BCUT2D eigenvalue weighted by Gasteiger charge is -2.33. The summed E-state index contributed by atoms with van der Waals surface area (Å²) in [6, 6.07) is 3.69. The van der Waals surface area contributed by atoms with Gasteiger partial charge in [-0.05, 0) is 40.0 Å². The number of aromatic nitrogens is 1. The van der Waals surface area contributed by atoms with Crippen LogP contribution in [-0.4, -0.2) is 41.5 Å². The molecule has 0 N–H and O–H groups in total. The smallest absolute Gasteiger partial charge is 0.338 e. The highest BCUT2D eigenvalue weighted by Gasteiger charge is 2.31. The van der Waals surface area contributed by atoms with E-state index < -0.39 is 0 Å². The number of carbonyl (C=O) groups is 2. The van der Waals surface area contributed by atoms with Gasteiger partial charge >= 0.3 is 5.97 Å². The lowest BCUT2D eigenvalue weighted by molar-refractivity contribution is -0.0229. The van der Waals surface area contributed by atoms with Crippen LogP contribution in [0.5, 0.6) is 0 Å². The molecule has 0 radical (unpaired) electrons. The van der Waals surface area contributed by atoms with Crippen molar-refractivity contribution in [3.63, 3.8) is 0 Å². The largest absolute Gasteiger partial charge is 0.457 e. The van der Waals surface area contributed by atoms with Crippen molar-refractivity contribution in [3.8, 4) is 0 Å². The highest BCUT2D eigenvalue weighted by Crippen LogP contribution is 2.32. The van der Waals surface area contributed by atoms with Crippen LogP contribution in [0.2, 0.25) is 0 Å². The van der Waals surface area contributed by atoms with E-state index in [1.54, 1.807) is 17.2 Å². The molecule has 2 aliphatic rings. The molecule has 0 saturated carbocycles. The van der Waals surface area contributed by atoms with Crippen molar-refractivity contribution in [3.05, 3.63) is 49.4 Å². The average molecular weight is 423 g/mol. The molecule has 0 bridgehead atoms. The minimum Gasteiger partial charge on any atom is -0.457 e. The van der Waals surface area contributed by atoms with E-state index in [4.69, 9.17) is 9.47 Å². The second-order valence-electron chi connectivity index (χ2n) is 5.97. The molecule has 0 aliphatic carbocycles. The molecule has 6 nitrogen and oxygen atoms in total. The van der Waals surface area contributed by atoms with Crippen LogP contribution < -0.4 is 0 Å². The third-order valence-corrected chi connectivity index (χ3v) is 6.06. The van der Waals surface area contributed by atoms with Crippen molar-refractivity contribution in [1.29, 1.82) is 0 Å². The Morgan fingerprint density at radius 3 is 3.04 bits per heavy atom. The highest BCUT2D eigenvalue weighted by atomic mass is 79.9. The average Bonchev–Trinajstić information content (AvgIpc) is 3.21.